The topological polar surface area (TPSA) is 85.2 Å². The maximum Gasteiger partial charge on any atom is 0.251 e. The van der Waals surface area contributed by atoms with E-state index in [0.29, 0.717) is 11.5 Å². The Balaban J connectivity index is 1.57. The summed E-state index contributed by atoms with van der Waals surface area (Å²) < 4.78 is 6.83. The van der Waals surface area contributed by atoms with Gasteiger partial charge in [-0.3, -0.25) is 9.59 Å². The van der Waals surface area contributed by atoms with Gasteiger partial charge in [0.1, 0.15) is 17.6 Å². The van der Waals surface area contributed by atoms with Gasteiger partial charge in [0.25, 0.3) is 5.91 Å². The van der Waals surface area contributed by atoms with Gasteiger partial charge in [-0.1, -0.05) is 24.3 Å². The molecule has 148 valence electrons. The summed E-state index contributed by atoms with van der Waals surface area (Å²) in [5.74, 6) is 0.903. The highest BCUT2D eigenvalue weighted by molar-refractivity contribution is 6.04. The normalized spacial score (nSPS) is 15.0. The van der Waals surface area contributed by atoms with Crippen molar-refractivity contribution in [2.45, 2.75) is 26.3 Å². The van der Waals surface area contributed by atoms with Gasteiger partial charge in [-0.05, 0) is 49.2 Å². The van der Waals surface area contributed by atoms with Crippen molar-refractivity contribution in [1.82, 2.24) is 9.78 Å². The summed E-state index contributed by atoms with van der Waals surface area (Å²) in [4.78, 5) is 25.1. The summed E-state index contributed by atoms with van der Waals surface area (Å²) in [6.45, 7) is 3.85. The number of carbonyl (C=O) groups is 2. The number of aryl methyl sites for hydroxylation is 2. The van der Waals surface area contributed by atoms with Crippen LogP contribution in [0.4, 0.5) is 11.5 Å². The average Bonchev–Trinajstić information content (AvgIpc) is 3.16. The molecule has 1 unspecified atom stereocenters. The monoisotopic (exact) mass is 390 g/mol. The fourth-order valence-corrected chi connectivity index (χ4v) is 3.60. The van der Waals surface area contributed by atoms with Crippen molar-refractivity contribution >= 4 is 23.3 Å². The number of fused-ring (bicyclic) bond motifs is 1. The SMILES string of the molecule is COc1ccc(-c2c(C)nn3c2NC(=O)C3CC(=O)Nc2cccc(C)c2)cc1. The highest BCUT2D eigenvalue weighted by Gasteiger charge is 2.36. The molecular weight excluding hydrogens is 368 g/mol. The number of rotatable bonds is 5. The quantitative estimate of drug-likeness (QED) is 0.696. The predicted molar refractivity (Wildman–Crippen MR) is 111 cm³/mol. The Labute approximate surface area is 168 Å². The number of ether oxygens (including phenoxy) is 1. The Morgan fingerprint density at radius 1 is 1.21 bits per heavy atom. The molecule has 29 heavy (non-hydrogen) atoms. The summed E-state index contributed by atoms with van der Waals surface area (Å²) in [7, 11) is 1.62. The lowest BCUT2D eigenvalue weighted by Gasteiger charge is -2.10. The molecule has 7 heteroatoms. The van der Waals surface area contributed by atoms with Crippen LogP contribution in [-0.4, -0.2) is 28.7 Å². The van der Waals surface area contributed by atoms with Crippen molar-refractivity contribution in [3.63, 3.8) is 0 Å². The zero-order chi connectivity index (χ0) is 20.5. The molecule has 0 bridgehead atoms. The molecule has 2 heterocycles. The van der Waals surface area contributed by atoms with Crippen molar-refractivity contribution in [3.8, 4) is 16.9 Å². The Morgan fingerprint density at radius 2 is 1.97 bits per heavy atom. The van der Waals surface area contributed by atoms with Gasteiger partial charge in [0.2, 0.25) is 5.91 Å². The second-order valence-corrected chi connectivity index (χ2v) is 7.11. The molecular formula is C22H22N4O3. The fraction of sp³-hybridized carbons (Fsp3) is 0.227. The Kier molecular flexibility index (Phi) is 4.80. The zero-order valence-electron chi connectivity index (χ0n) is 16.5. The van der Waals surface area contributed by atoms with Crippen LogP contribution in [0.2, 0.25) is 0 Å². The molecule has 7 nitrogen and oxygen atoms in total. The predicted octanol–water partition coefficient (Wildman–Crippen LogP) is 3.70. The van der Waals surface area contributed by atoms with Crippen LogP contribution < -0.4 is 15.4 Å². The first-order valence-electron chi connectivity index (χ1n) is 9.37. The van der Waals surface area contributed by atoms with Crippen LogP contribution >= 0.6 is 0 Å². The molecule has 1 aliphatic rings. The minimum atomic E-state index is -0.680. The first kappa shape index (κ1) is 18.7. The summed E-state index contributed by atoms with van der Waals surface area (Å²) >= 11 is 0. The molecule has 0 saturated carbocycles. The Hall–Kier alpha value is -3.61. The highest BCUT2D eigenvalue weighted by atomic mass is 16.5. The summed E-state index contributed by atoms with van der Waals surface area (Å²) in [5.41, 5.74) is 4.33. The van der Waals surface area contributed by atoms with E-state index in [9.17, 15) is 9.59 Å². The van der Waals surface area contributed by atoms with Gasteiger partial charge in [-0.15, -0.1) is 0 Å². The van der Waals surface area contributed by atoms with Crippen molar-refractivity contribution in [1.29, 1.82) is 0 Å². The van der Waals surface area contributed by atoms with E-state index in [1.54, 1.807) is 11.8 Å². The summed E-state index contributed by atoms with van der Waals surface area (Å²) in [6.07, 6.45) is 0.00987. The van der Waals surface area contributed by atoms with Crippen LogP contribution in [0.15, 0.2) is 48.5 Å². The third kappa shape index (κ3) is 3.59. The molecule has 2 amide bonds. The van der Waals surface area contributed by atoms with E-state index in [1.807, 2.05) is 62.4 Å². The second kappa shape index (κ2) is 7.43. The minimum absolute atomic E-state index is 0.00987. The van der Waals surface area contributed by atoms with Crippen molar-refractivity contribution in [2.24, 2.45) is 0 Å². The number of nitrogens with one attached hydrogen (secondary N) is 2. The Morgan fingerprint density at radius 3 is 2.66 bits per heavy atom. The molecule has 0 fully saturated rings. The molecule has 1 aromatic heterocycles. The van der Waals surface area contributed by atoms with E-state index < -0.39 is 6.04 Å². The molecule has 0 radical (unpaired) electrons. The van der Waals surface area contributed by atoms with Gasteiger partial charge in [0.15, 0.2) is 0 Å². The van der Waals surface area contributed by atoms with E-state index in [1.165, 1.54) is 0 Å². The molecule has 1 atom stereocenters. The lowest BCUT2D eigenvalue weighted by molar-refractivity contribution is -0.123. The van der Waals surface area contributed by atoms with Gasteiger partial charge in [-0.2, -0.15) is 5.10 Å². The molecule has 1 aliphatic heterocycles. The molecule has 2 N–H and O–H groups in total. The van der Waals surface area contributed by atoms with Crippen molar-refractivity contribution in [3.05, 3.63) is 59.8 Å². The van der Waals surface area contributed by atoms with E-state index in [4.69, 9.17) is 4.74 Å². The first-order valence-corrected chi connectivity index (χ1v) is 9.37. The zero-order valence-corrected chi connectivity index (χ0v) is 16.5. The summed E-state index contributed by atoms with van der Waals surface area (Å²) in [5, 5.41) is 10.3. The molecule has 0 spiro atoms. The molecule has 0 aliphatic carbocycles. The van der Waals surface area contributed by atoms with Crippen LogP contribution in [0.3, 0.4) is 0 Å². The highest BCUT2D eigenvalue weighted by Crippen LogP contribution is 2.38. The van der Waals surface area contributed by atoms with Crippen LogP contribution in [0.1, 0.15) is 23.7 Å². The average molecular weight is 390 g/mol. The number of methoxy groups -OCH3 is 1. The number of benzene rings is 2. The van der Waals surface area contributed by atoms with Crippen LogP contribution in [-0.2, 0) is 9.59 Å². The minimum Gasteiger partial charge on any atom is -0.497 e. The first-order chi connectivity index (χ1) is 14.0. The van der Waals surface area contributed by atoms with Gasteiger partial charge in [-0.25, -0.2) is 4.68 Å². The Bertz CT molecular complexity index is 1090. The lowest BCUT2D eigenvalue weighted by Crippen LogP contribution is -2.23. The molecule has 2 aromatic carbocycles. The molecule has 4 rings (SSSR count). The number of amides is 2. The van der Waals surface area contributed by atoms with Gasteiger partial charge < -0.3 is 15.4 Å². The number of nitrogens with zero attached hydrogens (tertiary/aromatic N) is 2. The maximum absolute atomic E-state index is 12.6. The summed E-state index contributed by atoms with van der Waals surface area (Å²) in [6, 6.07) is 14.4. The largest absolute Gasteiger partial charge is 0.497 e. The van der Waals surface area contributed by atoms with E-state index >= 15 is 0 Å². The smallest absolute Gasteiger partial charge is 0.251 e. The third-order valence-electron chi connectivity index (χ3n) is 4.98. The number of hydrogen-bond donors (Lipinski definition) is 2. The number of anilines is 2. The van der Waals surface area contributed by atoms with Crippen molar-refractivity contribution in [2.75, 3.05) is 17.7 Å². The molecule has 0 saturated heterocycles. The second-order valence-electron chi connectivity index (χ2n) is 7.11. The van der Waals surface area contributed by atoms with Crippen molar-refractivity contribution < 1.29 is 14.3 Å². The van der Waals surface area contributed by atoms with E-state index in [-0.39, 0.29) is 18.2 Å². The maximum atomic E-state index is 12.6. The van der Waals surface area contributed by atoms with Gasteiger partial charge in [0.05, 0.1) is 19.2 Å². The lowest BCUT2D eigenvalue weighted by atomic mass is 10.1. The van der Waals surface area contributed by atoms with Gasteiger partial charge >= 0.3 is 0 Å². The van der Waals surface area contributed by atoms with Crippen LogP contribution in [0.25, 0.3) is 11.1 Å². The molecule has 3 aromatic rings. The number of hydrogen-bond acceptors (Lipinski definition) is 4. The van der Waals surface area contributed by atoms with Gasteiger partial charge in [0, 0.05) is 11.3 Å². The van der Waals surface area contributed by atoms with E-state index in [2.05, 4.69) is 15.7 Å². The fourth-order valence-electron chi connectivity index (χ4n) is 3.60. The number of aromatic nitrogens is 2. The standard InChI is InChI=1S/C22H22N4O3/c1-13-5-4-6-16(11-13)23-19(27)12-18-22(28)24-21-20(14(2)25-26(18)21)15-7-9-17(29-3)10-8-15/h4-11,18H,12H2,1-3H3,(H,23,27)(H,24,28). The van der Waals surface area contributed by atoms with Crippen LogP contribution in [0, 0.1) is 13.8 Å². The van der Waals surface area contributed by atoms with E-state index in [0.717, 1.165) is 28.1 Å². The van der Waals surface area contributed by atoms with Crippen LogP contribution in [0.5, 0.6) is 5.75 Å². The number of carbonyl (C=O) groups excluding carboxylic acids is 2. The third-order valence-corrected chi connectivity index (χ3v) is 4.98.